The minimum Gasteiger partial charge on any atom is -0.352 e. The maximum Gasteiger partial charge on any atom is 0.269 e. The Morgan fingerprint density at radius 1 is 0.974 bits per heavy atom. The highest BCUT2D eigenvalue weighted by molar-refractivity contribution is 9.10. The van der Waals surface area contributed by atoms with E-state index in [-0.39, 0.29) is 29.3 Å². The van der Waals surface area contributed by atoms with E-state index in [1.54, 1.807) is 17.0 Å². The Labute approximate surface area is 236 Å². The van der Waals surface area contributed by atoms with Crippen LogP contribution in [0.1, 0.15) is 37.0 Å². The number of nitrogens with zero attached hydrogens (tertiary/aromatic N) is 2. The summed E-state index contributed by atoms with van der Waals surface area (Å²) in [6, 6.07) is 23.1. The minimum atomic E-state index is -0.678. The first-order valence-electron chi connectivity index (χ1n) is 12.5. The van der Waals surface area contributed by atoms with Gasteiger partial charge in [-0.25, -0.2) is 0 Å². The molecule has 0 spiro atoms. The van der Waals surface area contributed by atoms with Crippen molar-refractivity contribution in [2.75, 3.05) is 5.75 Å². The maximum absolute atomic E-state index is 13.7. The van der Waals surface area contributed by atoms with E-state index < -0.39 is 11.0 Å². The molecule has 3 aromatic rings. The molecule has 0 saturated heterocycles. The predicted molar refractivity (Wildman–Crippen MR) is 156 cm³/mol. The number of non-ortho nitro benzene ring substituents is 1. The number of nitro groups is 1. The third kappa shape index (κ3) is 8.99. The molecule has 3 aromatic carbocycles. The van der Waals surface area contributed by atoms with Gasteiger partial charge in [-0.1, -0.05) is 77.5 Å². The molecule has 2 amide bonds. The van der Waals surface area contributed by atoms with E-state index in [4.69, 9.17) is 0 Å². The van der Waals surface area contributed by atoms with E-state index in [0.717, 1.165) is 27.6 Å². The molecule has 0 aliphatic heterocycles. The number of carbonyl (C=O) groups is 2. The standard InChI is InChI=1S/C29H32BrN3O4S/c1-3-21(2)31-29(35)27(17-22-7-5-4-6-8-22)32(18-23-9-13-25(30)14-10-23)28(34)20-38-19-24-11-15-26(16-12-24)33(36)37/h4-16,21,27H,3,17-20H2,1-2H3,(H,31,35)/t21-,27+/m1/s1. The van der Waals surface area contributed by atoms with Crippen LogP contribution in [0.4, 0.5) is 5.69 Å². The normalized spacial score (nSPS) is 12.4. The Morgan fingerprint density at radius 3 is 2.21 bits per heavy atom. The van der Waals surface area contributed by atoms with Crippen molar-refractivity contribution in [2.45, 2.75) is 51.1 Å². The molecule has 9 heteroatoms. The average Bonchev–Trinajstić information content (AvgIpc) is 2.92. The van der Waals surface area contributed by atoms with Gasteiger partial charge in [0, 0.05) is 41.4 Å². The molecule has 0 aromatic heterocycles. The second kappa shape index (κ2) is 14.7. The summed E-state index contributed by atoms with van der Waals surface area (Å²) >= 11 is 4.88. The van der Waals surface area contributed by atoms with Gasteiger partial charge in [-0.05, 0) is 42.2 Å². The summed E-state index contributed by atoms with van der Waals surface area (Å²) in [5.41, 5.74) is 2.83. The smallest absolute Gasteiger partial charge is 0.269 e. The third-order valence-corrected chi connectivity index (χ3v) is 7.70. The average molecular weight is 599 g/mol. The molecule has 0 unspecified atom stereocenters. The highest BCUT2D eigenvalue weighted by atomic mass is 79.9. The number of hydrogen-bond donors (Lipinski definition) is 1. The zero-order chi connectivity index (χ0) is 27.5. The molecule has 0 aliphatic carbocycles. The summed E-state index contributed by atoms with van der Waals surface area (Å²) in [6.45, 7) is 4.27. The Morgan fingerprint density at radius 2 is 1.61 bits per heavy atom. The zero-order valence-electron chi connectivity index (χ0n) is 21.5. The van der Waals surface area contributed by atoms with Crippen LogP contribution in [0.2, 0.25) is 0 Å². The van der Waals surface area contributed by atoms with Gasteiger partial charge in [-0.2, -0.15) is 0 Å². The Hall–Kier alpha value is -3.17. The second-order valence-electron chi connectivity index (χ2n) is 9.09. The molecule has 3 rings (SSSR count). The lowest BCUT2D eigenvalue weighted by atomic mass is 10.0. The predicted octanol–water partition coefficient (Wildman–Crippen LogP) is 6.15. The lowest BCUT2D eigenvalue weighted by Crippen LogP contribution is -2.52. The Kier molecular flexibility index (Phi) is 11.4. The van der Waals surface area contributed by atoms with E-state index >= 15 is 0 Å². The van der Waals surface area contributed by atoms with Gasteiger partial charge in [0.2, 0.25) is 11.8 Å². The number of carbonyl (C=O) groups excluding carboxylic acids is 2. The van der Waals surface area contributed by atoms with Crippen LogP contribution in [0.5, 0.6) is 0 Å². The van der Waals surface area contributed by atoms with Gasteiger partial charge in [-0.3, -0.25) is 19.7 Å². The van der Waals surface area contributed by atoms with Crippen LogP contribution < -0.4 is 5.32 Å². The highest BCUT2D eigenvalue weighted by Crippen LogP contribution is 2.21. The number of benzene rings is 3. The van der Waals surface area contributed by atoms with E-state index in [9.17, 15) is 19.7 Å². The first kappa shape index (κ1) is 29.4. The lowest BCUT2D eigenvalue weighted by molar-refractivity contribution is -0.384. The summed E-state index contributed by atoms with van der Waals surface area (Å²) < 4.78 is 0.938. The van der Waals surface area contributed by atoms with Gasteiger partial charge >= 0.3 is 0 Å². The van der Waals surface area contributed by atoms with Crippen LogP contribution >= 0.6 is 27.7 Å². The molecular formula is C29H32BrN3O4S. The van der Waals surface area contributed by atoms with Crippen molar-refractivity contribution in [1.29, 1.82) is 0 Å². The molecule has 0 aliphatic rings. The summed E-state index contributed by atoms with van der Waals surface area (Å²) in [5.74, 6) is 0.391. The first-order chi connectivity index (χ1) is 18.3. The SMILES string of the molecule is CC[C@@H](C)NC(=O)[C@H](Cc1ccccc1)N(Cc1ccc(Br)cc1)C(=O)CSCc1ccc([N+](=O)[O-])cc1. The second-order valence-corrected chi connectivity index (χ2v) is 11.0. The van der Waals surface area contributed by atoms with Gasteiger partial charge in [0.15, 0.2) is 0 Å². The molecule has 2 atom stereocenters. The number of hydrogen-bond acceptors (Lipinski definition) is 5. The third-order valence-electron chi connectivity index (χ3n) is 6.18. The van der Waals surface area contributed by atoms with E-state index in [2.05, 4.69) is 21.2 Å². The quantitative estimate of drug-likeness (QED) is 0.188. The van der Waals surface area contributed by atoms with Gasteiger partial charge in [0.25, 0.3) is 5.69 Å². The number of amides is 2. The largest absolute Gasteiger partial charge is 0.352 e. The molecule has 200 valence electrons. The monoisotopic (exact) mass is 597 g/mol. The van der Waals surface area contributed by atoms with Crippen molar-refractivity contribution < 1.29 is 14.5 Å². The number of rotatable bonds is 13. The number of nitro benzene ring substituents is 1. The fraction of sp³-hybridized carbons (Fsp3) is 0.310. The zero-order valence-corrected chi connectivity index (χ0v) is 23.9. The minimum absolute atomic E-state index is 0.0121. The molecular weight excluding hydrogens is 566 g/mol. The molecule has 0 heterocycles. The van der Waals surface area contributed by atoms with Crippen LogP contribution in [0.25, 0.3) is 0 Å². The highest BCUT2D eigenvalue weighted by Gasteiger charge is 2.30. The van der Waals surface area contributed by atoms with Crippen LogP contribution in [0.3, 0.4) is 0 Å². The summed E-state index contributed by atoms with van der Waals surface area (Å²) in [5, 5.41) is 14.0. The number of halogens is 1. The van der Waals surface area contributed by atoms with Crippen molar-refractivity contribution in [1.82, 2.24) is 10.2 Å². The lowest BCUT2D eigenvalue weighted by Gasteiger charge is -2.32. The van der Waals surface area contributed by atoms with Gasteiger partial charge < -0.3 is 10.2 Å². The number of thioether (sulfide) groups is 1. The molecule has 0 saturated carbocycles. The molecule has 7 nitrogen and oxygen atoms in total. The molecule has 38 heavy (non-hydrogen) atoms. The van der Waals surface area contributed by atoms with Crippen molar-refractivity contribution in [3.63, 3.8) is 0 Å². The topological polar surface area (TPSA) is 92.6 Å². The molecule has 0 bridgehead atoms. The van der Waals surface area contributed by atoms with E-state index in [1.165, 1.54) is 23.9 Å². The van der Waals surface area contributed by atoms with Crippen molar-refractivity contribution in [2.24, 2.45) is 0 Å². The fourth-order valence-corrected chi connectivity index (χ4v) is 4.97. The van der Waals surface area contributed by atoms with Crippen molar-refractivity contribution in [3.05, 3.63) is 110 Å². The van der Waals surface area contributed by atoms with Crippen LogP contribution in [0.15, 0.2) is 83.3 Å². The van der Waals surface area contributed by atoms with E-state index in [0.29, 0.717) is 18.7 Å². The summed E-state index contributed by atoms with van der Waals surface area (Å²) in [4.78, 5) is 39.3. The van der Waals surface area contributed by atoms with E-state index in [1.807, 2.05) is 68.4 Å². The van der Waals surface area contributed by atoms with Crippen LogP contribution in [-0.2, 0) is 28.3 Å². The van der Waals surface area contributed by atoms with Crippen LogP contribution in [0, 0.1) is 10.1 Å². The number of nitrogens with one attached hydrogen (secondary N) is 1. The first-order valence-corrected chi connectivity index (χ1v) is 14.4. The van der Waals surface area contributed by atoms with Gasteiger partial charge in [0.05, 0.1) is 10.7 Å². The van der Waals surface area contributed by atoms with Crippen LogP contribution in [-0.4, -0.2) is 39.5 Å². The maximum atomic E-state index is 13.7. The summed E-state index contributed by atoms with van der Waals surface area (Å²) in [7, 11) is 0. The van der Waals surface area contributed by atoms with Crippen molar-refractivity contribution >= 4 is 45.2 Å². The Bertz CT molecular complexity index is 1210. The molecule has 1 N–H and O–H groups in total. The van der Waals surface area contributed by atoms with Gasteiger partial charge in [-0.15, -0.1) is 11.8 Å². The fourth-order valence-electron chi connectivity index (χ4n) is 3.83. The van der Waals surface area contributed by atoms with Gasteiger partial charge in [0.1, 0.15) is 6.04 Å². The Balaban J connectivity index is 1.82. The summed E-state index contributed by atoms with van der Waals surface area (Å²) in [6.07, 6.45) is 1.19. The van der Waals surface area contributed by atoms with Crippen molar-refractivity contribution in [3.8, 4) is 0 Å². The molecule has 0 fully saturated rings. The molecule has 0 radical (unpaired) electrons.